The molecule has 0 spiro atoms. The van der Waals surface area contributed by atoms with Gasteiger partial charge in [0.05, 0.1) is 0 Å². The van der Waals surface area contributed by atoms with Crippen molar-refractivity contribution in [2.24, 2.45) is 0 Å². The van der Waals surface area contributed by atoms with E-state index in [0.29, 0.717) is 0 Å². The fraction of sp³-hybridized carbons (Fsp3) is 0.667. The van der Waals surface area contributed by atoms with Gasteiger partial charge < -0.3 is 9.67 Å². The molecular formula is C12H20N2O2. The Bertz CT molecular complexity index is 321. The first-order chi connectivity index (χ1) is 7.75. The normalized spacial score (nSPS) is 10.6. The summed E-state index contributed by atoms with van der Waals surface area (Å²) in [5.74, 6) is -0.801. The molecule has 1 aromatic heterocycles. The highest BCUT2D eigenvalue weighted by Gasteiger charge is 2.09. The number of aromatic nitrogens is 2. The van der Waals surface area contributed by atoms with Crippen molar-refractivity contribution in [2.75, 3.05) is 0 Å². The quantitative estimate of drug-likeness (QED) is 0.691. The Morgan fingerprint density at radius 3 is 2.69 bits per heavy atom. The second-order valence-electron chi connectivity index (χ2n) is 4.02. The van der Waals surface area contributed by atoms with Crippen LogP contribution in [0.2, 0.25) is 0 Å². The van der Waals surface area contributed by atoms with E-state index in [-0.39, 0.29) is 5.82 Å². The number of hydrogen-bond donors (Lipinski definition) is 1. The highest BCUT2D eigenvalue weighted by atomic mass is 16.4. The molecule has 0 saturated carbocycles. The number of rotatable bonds is 8. The predicted octanol–water partition coefficient (Wildman–Crippen LogP) is 2.94. The molecule has 90 valence electrons. The fourth-order valence-electron chi connectivity index (χ4n) is 1.75. The lowest BCUT2D eigenvalue weighted by Crippen LogP contribution is -2.09. The highest BCUT2D eigenvalue weighted by Crippen LogP contribution is 2.07. The summed E-state index contributed by atoms with van der Waals surface area (Å²) in [7, 11) is 0. The number of aromatic carboxylic acids is 1. The van der Waals surface area contributed by atoms with E-state index < -0.39 is 5.97 Å². The van der Waals surface area contributed by atoms with Gasteiger partial charge in [0.25, 0.3) is 0 Å². The zero-order valence-electron chi connectivity index (χ0n) is 9.85. The zero-order chi connectivity index (χ0) is 11.8. The number of nitrogens with zero attached hydrogens (tertiary/aromatic N) is 2. The third kappa shape index (κ3) is 4.04. The predicted molar refractivity (Wildman–Crippen MR) is 62.6 cm³/mol. The van der Waals surface area contributed by atoms with Crippen LogP contribution in [0.4, 0.5) is 0 Å². The lowest BCUT2D eigenvalue weighted by Gasteiger charge is -2.04. The van der Waals surface area contributed by atoms with E-state index in [1.54, 1.807) is 17.0 Å². The summed E-state index contributed by atoms with van der Waals surface area (Å²) in [5.41, 5.74) is 0. The third-order valence-corrected chi connectivity index (χ3v) is 2.66. The molecule has 0 aliphatic heterocycles. The van der Waals surface area contributed by atoms with Crippen LogP contribution in [0.25, 0.3) is 0 Å². The molecule has 0 aliphatic carbocycles. The number of hydrogen-bond acceptors (Lipinski definition) is 2. The first-order valence-corrected chi connectivity index (χ1v) is 6.00. The fourth-order valence-corrected chi connectivity index (χ4v) is 1.75. The van der Waals surface area contributed by atoms with Gasteiger partial charge in [-0.05, 0) is 6.42 Å². The van der Waals surface area contributed by atoms with Crippen molar-refractivity contribution in [2.45, 2.75) is 52.0 Å². The maximum absolute atomic E-state index is 10.8. The van der Waals surface area contributed by atoms with E-state index in [4.69, 9.17) is 5.11 Å². The molecule has 0 unspecified atom stereocenters. The maximum Gasteiger partial charge on any atom is 0.372 e. The Morgan fingerprint density at radius 1 is 1.31 bits per heavy atom. The SMILES string of the molecule is CCCCCCCCn1ccnc1C(=O)O. The smallest absolute Gasteiger partial charge is 0.372 e. The molecule has 0 amide bonds. The van der Waals surface area contributed by atoms with Crippen LogP contribution in [-0.2, 0) is 6.54 Å². The molecule has 1 N–H and O–H groups in total. The third-order valence-electron chi connectivity index (χ3n) is 2.66. The molecule has 0 aromatic carbocycles. The molecule has 0 aliphatic rings. The van der Waals surface area contributed by atoms with E-state index >= 15 is 0 Å². The van der Waals surface area contributed by atoms with Gasteiger partial charge in [-0.15, -0.1) is 0 Å². The summed E-state index contributed by atoms with van der Waals surface area (Å²) in [4.78, 5) is 14.6. The maximum atomic E-state index is 10.8. The van der Waals surface area contributed by atoms with Gasteiger partial charge in [-0.25, -0.2) is 9.78 Å². The van der Waals surface area contributed by atoms with E-state index in [0.717, 1.165) is 19.4 Å². The van der Waals surface area contributed by atoms with Crippen LogP contribution in [0, 0.1) is 0 Å². The topological polar surface area (TPSA) is 55.1 Å². The van der Waals surface area contributed by atoms with Crippen LogP contribution in [0.3, 0.4) is 0 Å². The van der Waals surface area contributed by atoms with Crippen molar-refractivity contribution in [1.82, 2.24) is 9.55 Å². The van der Waals surface area contributed by atoms with Crippen molar-refractivity contribution in [3.8, 4) is 0 Å². The number of imidazole rings is 1. The summed E-state index contributed by atoms with van der Waals surface area (Å²) < 4.78 is 1.71. The van der Waals surface area contributed by atoms with Crippen LogP contribution in [-0.4, -0.2) is 20.6 Å². The molecule has 1 aromatic rings. The molecule has 0 saturated heterocycles. The number of carboxylic acids is 1. The minimum Gasteiger partial charge on any atom is -0.475 e. The van der Waals surface area contributed by atoms with Crippen LogP contribution in [0.15, 0.2) is 12.4 Å². The number of carboxylic acid groups (broad SMARTS) is 1. The molecule has 0 atom stereocenters. The van der Waals surface area contributed by atoms with Gasteiger partial charge in [0, 0.05) is 18.9 Å². The minimum atomic E-state index is -0.948. The van der Waals surface area contributed by atoms with Crippen LogP contribution in [0.1, 0.15) is 56.1 Å². The average molecular weight is 224 g/mol. The van der Waals surface area contributed by atoms with Crippen molar-refractivity contribution in [3.63, 3.8) is 0 Å². The van der Waals surface area contributed by atoms with Crippen LogP contribution in [0.5, 0.6) is 0 Å². The highest BCUT2D eigenvalue weighted by molar-refractivity contribution is 5.83. The largest absolute Gasteiger partial charge is 0.475 e. The van der Waals surface area contributed by atoms with Crippen molar-refractivity contribution < 1.29 is 9.90 Å². The molecule has 4 nitrogen and oxygen atoms in total. The van der Waals surface area contributed by atoms with E-state index in [9.17, 15) is 4.79 Å². The molecule has 0 bridgehead atoms. The van der Waals surface area contributed by atoms with Crippen LogP contribution < -0.4 is 0 Å². The molecule has 1 rings (SSSR count). The summed E-state index contributed by atoms with van der Waals surface area (Å²) in [6.07, 6.45) is 10.5. The standard InChI is InChI=1S/C12H20N2O2/c1-2-3-4-5-6-7-9-14-10-8-13-11(14)12(15)16/h8,10H,2-7,9H2,1H3,(H,15,16). The Labute approximate surface area is 96.3 Å². The van der Waals surface area contributed by atoms with Gasteiger partial charge in [-0.2, -0.15) is 0 Å². The minimum absolute atomic E-state index is 0.147. The lowest BCUT2D eigenvalue weighted by atomic mass is 10.1. The summed E-state index contributed by atoms with van der Waals surface area (Å²) in [6.45, 7) is 2.96. The monoisotopic (exact) mass is 224 g/mol. The van der Waals surface area contributed by atoms with Crippen LogP contribution >= 0.6 is 0 Å². The van der Waals surface area contributed by atoms with E-state index in [1.165, 1.54) is 25.7 Å². The Balaban J connectivity index is 2.21. The Kier molecular flexibility index (Phi) is 5.61. The number of aryl methyl sites for hydroxylation is 1. The van der Waals surface area contributed by atoms with Gasteiger partial charge in [0.2, 0.25) is 5.82 Å². The molecule has 0 fully saturated rings. The van der Waals surface area contributed by atoms with Gasteiger partial charge in [0.1, 0.15) is 0 Å². The number of unbranched alkanes of at least 4 members (excludes halogenated alkanes) is 5. The van der Waals surface area contributed by atoms with Gasteiger partial charge in [-0.3, -0.25) is 0 Å². The van der Waals surface area contributed by atoms with Crippen molar-refractivity contribution in [1.29, 1.82) is 0 Å². The second kappa shape index (κ2) is 7.04. The Morgan fingerprint density at radius 2 is 2.00 bits per heavy atom. The first kappa shape index (κ1) is 12.7. The molecule has 0 radical (unpaired) electrons. The Hall–Kier alpha value is -1.32. The van der Waals surface area contributed by atoms with Gasteiger partial charge in [-0.1, -0.05) is 39.0 Å². The molecule has 4 heteroatoms. The zero-order valence-corrected chi connectivity index (χ0v) is 9.85. The number of carbonyl (C=O) groups is 1. The first-order valence-electron chi connectivity index (χ1n) is 6.00. The van der Waals surface area contributed by atoms with Gasteiger partial charge >= 0.3 is 5.97 Å². The summed E-state index contributed by atoms with van der Waals surface area (Å²) in [6, 6.07) is 0. The lowest BCUT2D eigenvalue weighted by molar-refractivity contribution is 0.0678. The molecule has 16 heavy (non-hydrogen) atoms. The second-order valence-corrected chi connectivity index (χ2v) is 4.02. The summed E-state index contributed by atoms with van der Waals surface area (Å²) >= 11 is 0. The van der Waals surface area contributed by atoms with E-state index in [2.05, 4.69) is 11.9 Å². The van der Waals surface area contributed by atoms with Gasteiger partial charge in [0.15, 0.2) is 0 Å². The van der Waals surface area contributed by atoms with Crippen molar-refractivity contribution >= 4 is 5.97 Å². The van der Waals surface area contributed by atoms with E-state index in [1.807, 2.05) is 0 Å². The summed E-state index contributed by atoms with van der Waals surface area (Å²) in [5, 5.41) is 8.84. The van der Waals surface area contributed by atoms with Crippen molar-refractivity contribution in [3.05, 3.63) is 18.2 Å². The average Bonchev–Trinajstić information content (AvgIpc) is 2.71. The molecular weight excluding hydrogens is 204 g/mol. The molecule has 1 heterocycles.